The molecule has 2 amide bonds. The molecule has 8 heteroatoms. The van der Waals surface area contributed by atoms with Gasteiger partial charge in [-0.25, -0.2) is 0 Å². The molecule has 0 saturated heterocycles. The molecule has 0 aliphatic carbocycles. The summed E-state index contributed by atoms with van der Waals surface area (Å²) in [7, 11) is 1.56. The number of anilines is 2. The van der Waals surface area contributed by atoms with Gasteiger partial charge in [-0.3, -0.25) is 14.5 Å². The molecule has 0 aliphatic rings. The Kier molecular flexibility index (Phi) is 7.61. The van der Waals surface area contributed by atoms with Crippen molar-refractivity contribution in [1.29, 1.82) is 0 Å². The van der Waals surface area contributed by atoms with Crippen LogP contribution in [-0.2, 0) is 15.8 Å². The maximum absolute atomic E-state index is 13.1. The van der Waals surface area contributed by atoms with Crippen molar-refractivity contribution in [3.63, 3.8) is 0 Å². The number of amides is 2. The lowest BCUT2D eigenvalue weighted by Crippen LogP contribution is -2.43. The first-order valence-electron chi connectivity index (χ1n) is 9.56. The van der Waals surface area contributed by atoms with E-state index in [4.69, 9.17) is 0 Å². The van der Waals surface area contributed by atoms with Gasteiger partial charge in [-0.1, -0.05) is 38.1 Å². The molecule has 0 aliphatic heterocycles. The lowest BCUT2D eigenvalue weighted by molar-refractivity contribution is -0.137. The molecular formula is C22H26F3N3O2. The Balaban J connectivity index is 1.95. The zero-order valence-electron chi connectivity index (χ0n) is 17.4. The van der Waals surface area contributed by atoms with Crippen LogP contribution in [0.25, 0.3) is 0 Å². The summed E-state index contributed by atoms with van der Waals surface area (Å²) in [5.41, 5.74) is 0.546. The van der Waals surface area contributed by atoms with E-state index in [0.717, 1.165) is 11.6 Å². The fraction of sp³-hybridized carbons (Fsp3) is 0.364. The fourth-order valence-electron chi connectivity index (χ4n) is 2.79. The topological polar surface area (TPSA) is 61.4 Å². The monoisotopic (exact) mass is 421 g/mol. The van der Waals surface area contributed by atoms with Gasteiger partial charge in [-0.15, -0.1) is 0 Å². The zero-order valence-corrected chi connectivity index (χ0v) is 17.4. The molecule has 1 atom stereocenters. The van der Waals surface area contributed by atoms with E-state index in [-0.39, 0.29) is 18.1 Å². The van der Waals surface area contributed by atoms with Gasteiger partial charge in [0.2, 0.25) is 11.8 Å². The normalized spacial score (nSPS) is 12.7. The number of rotatable bonds is 7. The molecule has 0 fully saturated rings. The molecule has 0 unspecified atom stereocenters. The van der Waals surface area contributed by atoms with Crippen LogP contribution in [0.2, 0.25) is 0 Å². The maximum Gasteiger partial charge on any atom is 0.418 e. The molecular weight excluding hydrogens is 395 g/mol. The molecule has 5 nitrogen and oxygen atoms in total. The highest BCUT2D eigenvalue weighted by Crippen LogP contribution is 2.34. The van der Waals surface area contributed by atoms with Crippen molar-refractivity contribution in [3.05, 3.63) is 59.7 Å². The third kappa shape index (κ3) is 6.32. The average Bonchev–Trinajstić information content (AvgIpc) is 2.67. The Morgan fingerprint density at radius 3 is 2.13 bits per heavy atom. The summed E-state index contributed by atoms with van der Waals surface area (Å²) >= 11 is 0. The average molecular weight is 421 g/mol. The smallest absolute Gasteiger partial charge is 0.325 e. The summed E-state index contributed by atoms with van der Waals surface area (Å²) < 4.78 is 39.2. The number of likely N-dealkylation sites (N-methyl/N-ethyl adjacent to an activating group) is 1. The number of alkyl halides is 3. The molecule has 30 heavy (non-hydrogen) atoms. The molecule has 0 heterocycles. The quantitative estimate of drug-likeness (QED) is 0.680. The Bertz CT molecular complexity index is 880. The van der Waals surface area contributed by atoms with Gasteiger partial charge in [0.1, 0.15) is 0 Å². The van der Waals surface area contributed by atoms with E-state index in [1.54, 1.807) is 26.1 Å². The largest absolute Gasteiger partial charge is 0.418 e. The minimum Gasteiger partial charge on any atom is -0.325 e. The molecule has 0 radical (unpaired) electrons. The van der Waals surface area contributed by atoms with Gasteiger partial charge in [0.25, 0.3) is 0 Å². The summed E-state index contributed by atoms with van der Waals surface area (Å²) in [6.45, 7) is 5.52. The first kappa shape index (κ1) is 23.4. The number of halogens is 3. The van der Waals surface area contributed by atoms with E-state index < -0.39 is 23.7 Å². The van der Waals surface area contributed by atoms with Crippen LogP contribution in [0.5, 0.6) is 0 Å². The van der Waals surface area contributed by atoms with Gasteiger partial charge in [0, 0.05) is 5.69 Å². The van der Waals surface area contributed by atoms with Gasteiger partial charge < -0.3 is 10.6 Å². The lowest BCUT2D eigenvalue weighted by Gasteiger charge is -2.23. The van der Waals surface area contributed by atoms with Crippen LogP contribution in [0.4, 0.5) is 24.5 Å². The van der Waals surface area contributed by atoms with Crippen LogP contribution in [0.1, 0.15) is 37.8 Å². The van der Waals surface area contributed by atoms with E-state index in [1.807, 2.05) is 12.1 Å². The van der Waals surface area contributed by atoms with E-state index in [9.17, 15) is 22.8 Å². The van der Waals surface area contributed by atoms with Crippen LogP contribution >= 0.6 is 0 Å². The van der Waals surface area contributed by atoms with Crippen molar-refractivity contribution in [2.45, 2.75) is 38.9 Å². The van der Waals surface area contributed by atoms with Crippen LogP contribution in [-0.4, -0.2) is 36.3 Å². The predicted molar refractivity (Wildman–Crippen MR) is 111 cm³/mol. The molecule has 2 rings (SSSR count). The second-order valence-electron chi connectivity index (χ2n) is 7.45. The Hall–Kier alpha value is -2.87. The standard InChI is InChI=1S/C22H26F3N3O2/c1-14(2)16-9-11-17(12-10-16)26-21(30)15(3)28(4)13-20(29)27-19-8-6-5-7-18(19)22(23,24)25/h5-12,14-15H,13H2,1-4H3,(H,26,30)(H,27,29)/t15-/m1/s1. The number of carbonyl (C=O) groups is 2. The number of nitrogens with one attached hydrogen (secondary N) is 2. The zero-order chi connectivity index (χ0) is 22.5. The number of hydrogen-bond donors (Lipinski definition) is 2. The van der Waals surface area contributed by atoms with Crippen LogP contribution in [0, 0.1) is 0 Å². The van der Waals surface area contributed by atoms with Crippen LogP contribution < -0.4 is 10.6 Å². The predicted octanol–water partition coefficient (Wildman–Crippen LogP) is 4.73. The highest BCUT2D eigenvalue weighted by atomic mass is 19.4. The minimum atomic E-state index is -4.58. The summed E-state index contributed by atoms with van der Waals surface area (Å²) in [6, 6.07) is 11.6. The third-order valence-corrected chi connectivity index (χ3v) is 4.79. The number of benzene rings is 2. The molecule has 2 aromatic rings. The Labute approximate surface area is 174 Å². The number of para-hydroxylation sites is 1. The molecule has 0 spiro atoms. The fourth-order valence-corrected chi connectivity index (χ4v) is 2.79. The SMILES string of the molecule is CC(C)c1ccc(NC(=O)[C@@H](C)N(C)CC(=O)Nc2ccccc2C(F)(F)F)cc1. The van der Waals surface area contributed by atoms with E-state index in [0.29, 0.717) is 11.6 Å². The van der Waals surface area contributed by atoms with Crippen molar-refractivity contribution in [3.8, 4) is 0 Å². The summed E-state index contributed by atoms with van der Waals surface area (Å²) in [5.74, 6) is -0.589. The van der Waals surface area contributed by atoms with E-state index in [2.05, 4.69) is 24.5 Å². The summed E-state index contributed by atoms with van der Waals surface area (Å²) in [4.78, 5) is 26.2. The number of carbonyl (C=O) groups excluding carboxylic acids is 2. The van der Waals surface area contributed by atoms with Gasteiger partial charge >= 0.3 is 6.18 Å². The molecule has 162 valence electrons. The first-order valence-corrected chi connectivity index (χ1v) is 9.56. The molecule has 0 saturated carbocycles. The summed E-state index contributed by atoms with van der Waals surface area (Å²) in [5, 5.41) is 5.06. The third-order valence-electron chi connectivity index (χ3n) is 4.79. The number of hydrogen-bond acceptors (Lipinski definition) is 3. The highest BCUT2D eigenvalue weighted by Gasteiger charge is 2.33. The maximum atomic E-state index is 13.1. The summed E-state index contributed by atoms with van der Waals surface area (Å²) in [6.07, 6.45) is -4.58. The molecule has 2 N–H and O–H groups in total. The van der Waals surface area contributed by atoms with Gasteiger partial charge in [-0.05, 0) is 49.7 Å². The Morgan fingerprint density at radius 1 is 0.967 bits per heavy atom. The van der Waals surface area contributed by atoms with Gasteiger partial charge in [0.05, 0.1) is 23.8 Å². The molecule has 0 bridgehead atoms. The van der Waals surface area contributed by atoms with Crippen molar-refractivity contribution >= 4 is 23.2 Å². The lowest BCUT2D eigenvalue weighted by atomic mass is 10.0. The van der Waals surface area contributed by atoms with Crippen molar-refractivity contribution < 1.29 is 22.8 Å². The second-order valence-corrected chi connectivity index (χ2v) is 7.45. The van der Waals surface area contributed by atoms with Gasteiger partial charge in [0.15, 0.2) is 0 Å². The van der Waals surface area contributed by atoms with Crippen molar-refractivity contribution in [2.24, 2.45) is 0 Å². The van der Waals surface area contributed by atoms with Crippen LogP contribution in [0.15, 0.2) is 48.5 Å². The van der Waals surface area contributed by atoms with Gasteiger partial charge in [-0.2, -0.15) is 13.2 Å². The van der Waals surface area contributed by atoms with Crippen molar-refractivity contribution in [2.75, 3.05) is 24.2 Å². The number of nitrogens with zero attached hydrogens (tertiary/aromatic N) is 1. The second kappa shape index (κ2) is 9.75. The highest BCUT2D eigenvalue weighted by molar-refractivity contribution is 5.96. The van der Waals surface area contributed by atoms with Crippen LogP contribution in [0.3, 0.4) is 0 Å². The molecule has 2 aromatic carbocycles. The Morgan fingerprint density at radius 2 is 1.57 bits per heavy atom. The molecule has 0 aromatic heterocycles. The van der Waals surface area contributed by atoms with E-state index >= 15 is 0 Å². The van der Waals surface area contributed by atoms with Crippen molar-refractivity contribution in [1.82, 2.24) is 4.90 Å². The van der Waals surface area contributed by atoms with E-state index in [1.165, 1.54) is 23.1 Å². The first-order chi connectivity index (χ1) is 14.0. The minimum absolute atomic E-state index is 0.243.